The molecule has 1 aromatic heterocycles. The van der Waals surface area contributed by atoms with Crippen LogP contribution < -0.4 is 5.32 Å². The minimum Gasteiger partial charge on any atom is -0.306 e. The van der Waals surface area contributed by atoms with Crippen molar-refractivity contribution in [1.29, 1.82) is 0 Å². The third-order valence-corrected chi connectivity index (χ3v) is 3.18. The maximum atomic E-state index is 13.2. The fourth-order valence-electron chi connectivity index (χ4n) is 1.57. The molecule has 0 spiro atoms. The zero-order valence-corrected chi connectivity index (χ0v) is 12.7. The monoisotopic (exact) mass is 326 g/mol. The summed E-state index contributed by atoms with van der Waals surface area (Å²) < 4.78 is 15.4. The van der Waals surface area contributed by atoms with Crippen molar-refractivity contribution in [2.24, 2.45) is 0 Å². The highest BCUT2D eigenvalue weighted by Crippen LogP contribution is 2.20. The van der Waals surface area contributed by atoms with Gasteiger partial charge in [-0.2, -0.15) is 0 Å². The van der Waals surface area contributed by atoms with Crippen LogP contribution >= 0.6 is 15.9 Å². The largest absolute Gasteiger partial charge is 0.306 e. The van der Waals surface area contributed by atoms with Gasteiger partial charge in [0.1, 0.15) is 5.82 Å². The molecule has 0 atom stereocenters. The van der Waals surface area contributed by atoms with Crippen LogP contribution in [0.1, 0.15) is 26.5 Å². The lowest BCUT2D eigenvalue weighted by atomic mass is 10.1. The predicted molar refractivity (Wildman–Crippen MR) is 75.6 cm³/mol. The van der Waals surface area contributed by atoms with E-state index in [1.165, 1.54) is 6.07 Å². The molecule has 0 aliphatic carbocycles. The molecule has 0 aliphatic rings. The molecule has 0 saturated heterocycles. The third-order valence-electron chi connectivity index (χ3n) is 2.57. The molecule has 2 rings (SSSR count). The number of aromatic nitrogens is 3. The van der Waals surface area contributed by atoms with E-state index < -0.39 is 0 Å². The molecular weight excluding hydrogens is 311 g/mol. The smallest absolute Gasteiger partial charge is 0.137 e. The summed E-state index contributed by atoms with van der Waals surface area (Å²) in [5, 5.41) is 11.3. The van der Waals surface area contributed by atoms with Crippen LogP contribution in [0.4, 0.5) is 4.39 Å². The van der Waals surface area contributed by atoms with Gasteiger partial charge in [-0.1, -0.05) is 5.21 Å². The standard InChI is InChI=1S/C13H16BrFN4/c1-13(2,3)16-7-10-8-17-18-19(10)9-4-5-12(15)11(14)6-9/h4-6,8,16H,7H2,1-3H3. The Balaban J connectivity index is 2.26. The molecule has 1 heterocycles. The van der Waals surface area contributed by atoms with E-state index in [9.17, 15) is 4.39 Å². The molecule has 0 amide bonds. The lowest BCUT2D eigenvalue weighted by Gasteiger charge is -2.20. The molecule has 0 bridgehead atoms. The highest BCUT2D eigenvalue weighted by atomic mass is 79.9. The number of rotatable bonds is 3. The average Bonchev–Trinajstić information content (AvgIpc) is 2.77. The summed E-state index contributed by atoms with van der Waals surface area (Å²) in [6, 6.07) is 4.77. The van der Waals surface area contributed by atoms with E-state index in [0.29, 0.717) is 11.0 Å². The fraction of sp³-hybridized carbons (Fsp3) is 0.385. The van der Waals surface area contributed by atoms with Gasteiger partial charge in [0, 0.05) is 12.1 Å². The van der Waals surface area contributed by atoms with E-state index in [-0.39, 0.29) is 11.4 Å². The normalized spacial score (nSPS) is 11.8. The molecule has 2 aromatic rings. The number of hydrogen-bond acceptors (Lipinski definition) is 3. The van der Waals surface area contributed by atoms with Gasteiger partial charge < -0.3 is 5.32 Å². The SMILES string of the molecule is CC(C)(C)NCc1cnnn1-c1ccc(F)c(Br)c1. The first-order valence-electron chi connectivity index (χ1n) is 5.97. The zero-order chi connectivity index (χ0) is 14.0. The van der Waals surface area contributed by atoms with Gasteiger partial charge in [-0.3, -0.25) is 0 Å². The summed E-state index contributed by atoms with van der Waals surface area (Å²) in [7, 11) is 0. The summed E-state index contributed by atoms with van der Waals surface area (Å²) >= 11 is 3.17. The second kappa shape index (κ2) is 5.38. The number of nitrogens with one attached hydrogen (secondary N) is 1. The lowest BCUT2D eigenvalue weighted by Crippen LogP contribution is -2.35. The van der Waals surface area contributed by atoms with Crippen LogP contribution in [0.3, 0.4) is 0 Å². The van der Waals surface area contributed by atoms with Crippen molar-refractivity contribution in [3.05, 3.63) is 40.4 Å². The quantitative estimate of drug-likeness (QED) is 0.942. The molecule has 1 aromatic carbocycles. The average molecular weight is 327 g/mol. The van der Waals surface area contributed by atoms with Crippen molar-refractivity contribution in [2.75, 3.05) is 0 Å². The fourth-order valence-corrected chi connectivity index (χ4v) is 1.93. The molecular formula is C13H16BrFN4. The molecule has 6 heteroatoms. The third kappa shape index (κ3) is 3.61. The van der Waals surface area contributed by atoms with Crippen LogP contribution in [0.2, 0.25) is 0 Å². The Morgan fingerprint density at radius 1 is 1.37 bits per heavy atom. The molecule has 0 aliphatic heterocycles. The van der Waals surface area contributed by atoms with E-state index in [1.54, 1.807) is 23.0 Å². The van der Waals surface area contributed by atoms with Crippen LogP contribution in [0.5, 0.6) is 0 Å². The van der Waals surface area contributed by atoms with E-state index in [2.05, 4.69) is 52.3 Å². The summed E-state index contributed by atoms with van der Waals surface area (Å²) in [5.41, 5.74) is 1.71. The molecule has 19 heavy (non-hydrogen) atoms. The van der Waals surface area contributed by atoms with Gasteiger partial charge in [-0.15, -0.1) is 5.10 Å². The second-order valence-corrected chi connectivity index (χ2v) is 6.19. The van der Waals surface area contributed by atoms with Crippen molar-refractivity contribution < 1.29 is 4.39 Å². The van der Waals surface area contributed by atoms with E-state index in [0.717, 1.165) is 11.4 Å². The van der Waals surface area contributed by atoms with Gasteiger partial charge in [0.25, 0.3) is 0 Å². The number of nitrogens with zero attached hydrogens (tertiary/aromatic N) is 3. The van der Waals surface area contributed by atoms with Crippen LogP contribution in [0, 0.1) is 5.82 Å². The van der Waals surface area contributed by atoms with E-state index in [1.807, 2.05) is 0 Å². The molecule has 0 radical (unpaired) electrons. The van der Waals surface area contributed by atoms with Crippen LogP contribution in [-0.4, -0.2) is 20.5 Å². The second-order valence-electron chi connectivity index (χ2n) is 5.34. The maximum Gasteiger partial charge on any atom is 0.137 e. The minimum absolute atomic E-state index is 0.0124. The first kappa shape index (κ1) is 14.1. The number of hydrogen-bond donors (Lipinski definition) is 1. The first-order valence-corrected chi connectivity index (χ1v) is 6.76. The Hall–Kier alpha value is -1.27. The minimum atomic E-state index is -0.293. The van der Waals surface area contributed by atoms with Crippen molar-refractivity contribution >= 4 is 15.9 Å². The topological polar surface area (TPSA) is 42.7 Å². The highest BCUT2D eigenvalue weighted by molar-refractivity contribution is 9.10. The summed E-state index contributed by atoms with van der Waals surface area (Å²) in [4.78, 5) is 0. The van der Waals surface area contributed by atoms with E-state index >= 15 is 0 Å². The van der Waals surface area contributed by atoms with Crippen LogP contribution in [0.25, 0.3) is 5.69 Å². The van der Waals surface area contributed by atoms with Crippen molar-refractivity contribution in [2.45, 2.75) is 32.9 Å². The van der Waals surface area contributed by atoms with Crippen molar-refractivity contribution in [3.63, 3.8) is 0 Å². The summed E-state index contributed by atoms with van der Waals surface area (Å²) in [6.45, 7) is 6.92. The molecule has 1 N–H and O–H groups in total. The Bertz CT molecular complexity index is 574. The maximum absolute atomic E-state index is 13.2. The molecule has 102 valence electrons. The van der Waals surface area contributed by atoms with Gasteiger partial charge in [0.2, 0.25) is 0 Å². The van der Waals surface area contributed by atoms with Gasteiger partial charge in [0.15, 0.2) is 0 Å². The van der Waals surface area contributed by atoms with Gasteiger partial charge in [-0.05, 0) is 54.9 Å². The molecule has 4 nitrogen and oxygen atoms in total. The Labute approximate surface area is 120 Å². The van der Waals surface area contributed by atoms with Crippen molar-refractivity contribution in [1.82, 2.24) is 20.3 Å². The Kier molecular flexibility index (Phi) is 4.01. The number of benzene rings is 1. The van der Waals surface area contributed by atoms with Crippen molar-refractivity contribution in [3.8, 4) is 5.69 Å². The van der Waals surface area contributed by atoms with E-state index in [4.69, 9.17) is 0 Å². The molecule has 0 saturated carbocycles. The number of halogens is 2. The first-order chi connectivity index (χ1) is 8.87. The Morgan fingerprint density at radius 2 is 2.11 bits per heavy atom. The summed E-state index contributed by atoms with van der Waals surface area (Å²) in [6.07, 6.45) is 1.70. The zero-order valence-electron chi connectivity index (χ0n) is 11.1. The van der Waals surface area contributed by atoms with Gasteiger partial charge in [0.05, 0.1) is 22.1 Å². The highest BCUT2D eigenvalue weighted by Gasteiger charge is 2.12. The lowest BCUT2D eigenvalue weighted by molar-refractivity contribution is 0.418. The summed E-state index contributed by atoms with van der Waals surface area (Å²) in [5.74, 6) is -0.293. The molecule has 0 fully saturated rings. The van der Waals surface area contributed by atoms with Crippen LogP contribution in [0.15, 0.2) is 28.9 Å². The van der Waals surface area contributed by atoms with Gasteiger partial charge in [-0.25, -0.2) is 9.07 Å². The Morgan fingerprint density at radius 3 is 2.74 bits per heavy atom. The molecule has 0 unspecified atom stereocenters. The predicted octanol–water partition coefficient (Wildman–Crippen LogP) is 3.06. The van der Waals surface area contributed by atoms with Crippen LogP contribution in [-0.2, 0) is 6.54 Å². The van der Waals surface area contributed by atoms with Gasteiger partial charge >= 0.3 is 0 Å².